The van der Waals surface area contributed by atoms with Gasteiger partial charge < -0.3 is 15.4 Å². The topological polar surface area (TPSA) is 80.3 Å². The summed E-state index contributed by atoms with van der Waals surface area (Å²) in [6, 6.07) is 6.60. The number of pyridine rings is 1. The van der Waals surface area contributed by atoms with E-state index >= 15 is 0 Å². The SMILES string of the molecule is COc1cc(NC(C)=O)c(Cl)cc1C(=O)NCc1ccncc1. The first-order valence-electron chi connectivity index (χ1n) is 6.83. The van der Waals surface area contributed by atoms with E-state index in [1.54, 1.807) is 12.4 Å². The molecule has 2 amide bonds. The number of halogens is 1. The zero-order chi connectivity index (χ0) is 16.8. The third-order valence-electron chi connectivity index (χ3n) is 3.05. The number of carbonyl (C=O) groups excluding carboxylic acids is 2. The van der Waals surface area contributed by atoms with Gasteiger partial charge in [-0.3, -0.25) is 14.6 Å². The molecule has 7 heteroatoms. The smallest absolute Gasteiger partial charge is 0.255 e. The molecule has 120 valence electrons. The van der Waals surface area contributed by atoms with Crippen LogP contribution in [-0.4, -0.2) is 23.9 Å². The van der Waals surface area contributed by atoms with Crippen molar-refractivity contribution in [3.63, 3.8) is 0 Å². The van der Waals surface area contributed by atoms with Crippen LogP contribution >= 0.6 is 11.6 Å². The van der Waals surface area contributed by atoms with Crippen LogP contribution in [0.15, 0.2) is 36.7 Å². The highest BCUT2D eigenvalue weighted by Gasteiger charge is 2.16. The molecule has 0 aliphatic rings. The fraction of sp³-hybridized carbons (Fsp3) is 0.188. The molecular formula is C16H16ClN3O3. The van der Waals surface area contributed by atoms with Crippen LogP contribution in [0.4, 0.5) is 5.69 Å². The highest BCUT2D eigenvalue weighted by molar-refractivity contribution is 6.34. The quantitative estimate of drug-likeness (QED) is 0.881. The minimum atomic E-state index is -0.324. The second-order valence-electron chi connectivity index (χ2n) is 4.75. The molecule has 1 aromatic heterocycles. The van der Waals surface area contributed by atoms with E-state index in [0.29, 0.717) is 23.5 Å². The van der Waals surface area contributed by atoms with Crippen molar-refractivity contribution < 1.29 is 14.3 Å². The number of rotatable bonds is 5. The maximum absolute atomic E-state index is 12.3. The predicted molar refractivity (Wildman–Crippen MR) is 87.7 cm³/mol. The van der Waals surface area contributed by atoms with E-state index in [4.69, 9.17) is 16.3 Å². The Hall–Kier alpha value is -2.60. The van der Waals surface area contributed by atoms with Crippen LogP contribution in [0, 0.1) is 0 Å². The lowest BCUT2D eigenvalue weighted by atomic mass is 10.1. The van der Waals surface area contributed by atoms with Gasteiger partial charge in [0.1, 0.15) is 5.75 Å². The lowest BCUT2D eigenvalue weighted by Crippen LogP contribution is -2.23. The molecule has 0 bridgehead atoms. The average Bonchev–Trinajstić information content (AvgIpc) is 2.54. The molecule has 0 fully saturated rings. The number of nitrogens with one attached hydrogen (secondary N) is 2. The van der Waals surface area contributed by atoms with Crippen molar-refractivity contribution >= 4 is 29.1 Å². The summed E-state index contributed by atoms with van der Waals surface area (Å²) in [6.45, 7) is 1.73. The Morgan fingerprint density at radius 3 is 2.57 bits per heavy atom. The van der Waals surface area contributed by atoms with Crippen LogP contribution < -0.4 is 15.4 Å². The summed E-state index contributed by atoms with van der Waals surface area (Å²) in [5.74, 6) is -0.260. The summed E-state index contributed by atoms with van der Waals surface area (Å²) >= 11 is 6.11. The van der Waals surface area contributed by atoms with Gasteiger partial charge in [-0.1, -0.05) is 11.6 Å². The van der Waals surface area contributed by atoms with E-state index in [1.165, 1.54) is 26.2 Å². The zero-order valence-corrected chi connectivity index (χ0v) is 13.5. The van der Waals surface area contributed by atoms with E-state index in [2.05, 4.69) is 15.6 Å². The molecule has 1 heterocycles. The van der Waals surface area contributed by atoms with Gasteiger partial charge in [-0.05, 0) is 23.8 Å². The number of hydrogen-bond acceptors (Lipinski definition) is 4. The Morgan fingerprint density at radius 2 is 1.96 bits per heavy atom. The number of anilines is 1. The van der Waals surface area contributed by atoms with Crippen LogP contribution in [-0.2, 0) is 11.3 Å². The highest BCUT2D eigenvalue weighted by Crippen LogP contribution is 2.31. The van der Waals surface area contributed by atoms with Gasteiger partial charge in [-0.25, -0.2) is 0 Å². The molecule has 2 rings (SSSR count). The third kappa shape index (κ3) is 4.43. The van der Waals surface area contributed by atoms with Gasteiger partial charge >= 0.3 is 0 Å². The van der Waals surface area contributed by atoms with Gasteiger partial charge in [0.2, 0.25) is 5.91 Å². The number of nitrogens with zero attached hydrogens (tertiary/aromatic N) is 1. The van der Waals surface area contributed by atoms with Crippen LogP contribution in [0.1, 0.15) is 22.8 Å². The number of ether oxygens (including phenoxy) is 1. The summed E-state index contributed by atoms with van der Waals surface area (Å²) < 4.78 is 5.21. The summed E-state index contributed by atoms with van der Waals surface area (Å²) in [7, 11) is 1.44. The third-order valence-corrected chi connectivity index (χ3v) is 3.36. The summed E-state index contributed by atoms with van der Waals surface area (Å²) in [5.41, 5.74) is 1.61. The fourth-order valence-electron chi connectivity index (χ4n) is 1.96. The van der Waals surface area contributed by atoms with E-state index in [9.17, 15) is 9.59 Å². The van der Waals surface area contributed by atoms with Crippen molar-refractivity contribution in [2.24, 2.45) is 0 Å². The predicted octanol–water partition coefficient (Wildman–Crippen LogP) is 2.63. The number of carbonyl (C=O) groups is 2. The summed E-state index contributed by atoms with van der Waals surface area (Å²) in [6.07, 6.45) is 3.31. The molecule has 2 N–H and O–H groups in total. The Bertz CT molecular complexity index is 720. The normalized spacial score (nSPS) is 10.0. The van der Waals surface area contributed by atoms with Gasteiger partial charge in [0.25, 0.3) is 5.91 Å². The van der Waals surface area contributed by atoms with Crippen molar-refractivity contribution in [1.29, 1.82) is 0 Å². The number of methoxy groups -OCH3 is 1. The van der Waals surface area contributed by atoms with Crippen LogP contribution in [0.5, 0.6) is 5.75 Å². The molecule has 0 spiro atoms. The Morgan fingerprint density at radius 1 is 1.26 bits per heavy atom. The molecular weight excluding hydrogens is 318 g/mol. The van der Waals surface area contributed by atoms with Gasteiger partial charge in [-0.15, -0.1) is 0 Å². The summed E-state index contributed by atoms with van der Waals surface area (Å²) in [5, 5.41) is 5.63. The van der Waals surface area contributed by atoms with Crippen molar-refractivity contribution in [3.8, 4) is 5.75 Å². The number of benzene rings is 1. The van der Waals surface area contributed by atoms with Crippen molar-refractivity contribution in [3.05, 3.63) is 52.8 Å². The first-order valence-corrected chi connectivity index (χ1v) is 7.21. The van der Waals surface area contributed by atoms with E-state index in [-0.39, 0.29) is 16.8 Å². The van der Waals surface area contributed by atoms with E-state index in [1.807, 2.05) is 12.1 Å². The molecule has 0 unspecified atom stereocenters. The van der Waals surface area contributed by atoms with Gasteiger partial charge in [0, 0.05) is 31.9 Å². The molecule has 0 saturated heterocycles. The van der Waals surface area contributed by atoms with Crippen molar-refractivity contribution in [1.82, 2.24) is 10.3 Å². The van der Waals surface area contributed by atoms with Crippen LogP contribution in [0.2, 0.25) is 5.02 Å². The molecule has 0 radical (unpaired) electrons. The molecule has 0 atom stereocenters. The van der Waals surface area contributed by atoms with Crippen molar-refractivity contribution in [2.45, 2.75) is 13.5 Å². The van der Waals surface area contributed by atoms with Gasteiger partial charge in [0.15, 0.2) is 0 Å². The maximum Gasteiger partial charge on any atom is 0.255 e. The van der Waals surface area contributed by atoms with E-state index < -0.39 is 0 Å². The average molecular weight is 334 g/mol. The minimum absolute atomic E-state index is 0.259. The lowest BCUT2D eigenvalue weighted by Gasteiger charge is -2.13. The Kier molecular flexibility index (Phi) is 5.54. The molecule has 0 saturated carbocycles. The molecule has 1 aromatic carbocycles. The zero-order valence-electron chi connectivity index (χ0n) is 12.7. The van der Waals surface area contributed by atoms with Crippen LogP contribution in [0.3, 0.4) is 0 Å². The van der Waals surface area contributed by atoms with Crippen LogP contribution in [0.25, 0.3) is 0 Å². The Labute approximate surface area is 138 Å². The largest absolute Gasteiger partial charge is 0.496 e. The first kappa shape index (κ1) is 16.8. The monoisotopic (exact) mass is 333 g/mol. The maximum atomic E-state index is 12.3. The second kappa shape index (κ2) is 7.60. The number of hydrogen-bond donors (Lipinski definition) is 2. The highest BCUT2D eigenvalue weighted by atomic mass is 35.5. The molecule has 0 aliphatic carbocycles. The summed E-state index contributed by atoms with van der Waals surface area (Å²) in [4.78, 5) is 27.4. The standard InChI is InChI=1S/C16H16ClN3O3/c1-10(21)20-14-8-15(23-2)12(7-13(14)17)16(22)19-9-11-3-5-18-6-4-11/h3-8H,9H2,1-2H3,(H,19,22)(H,20,21). The fourth-order valence-corrected chi connectivity index (χ4v) is 2.17. The van der Waals surface area contributed by atoms with E-state index in [0.717, 1.165) is 5.56 Å². The Balaban J connectivity index is 2.19. The molecule has 2 aromatic rings. The number of amides is 2. The van der Waals surface area contributed by atoms with Gasteiger partial charge in [-0.2, -0.15) is 0 Å². The molecule has 23 heavy (non-hydrogen) atoms. The first-order chi connectivity index (χ1) is 11.0. The molecule has 0 aliphatic heterocycles. The van der Waals surface area contributed by atoms with Gasteiger partial charge in [0.05, 0.1) is 23.4 Å². The van der Waals surface area contributed by atoms with Crippen molar-refractivity contribution in [2.75, 3.05) is 12.4 Å². The minimum Gasteiger partial charge on any atom is -0.496 e. The second-order valence-corrected chi connectivity index (χ2v) is 5.16. The molecule has 6 nitrogen and oxygen atoms in total. The number of aromatic nitrogens is 1. The lowest BCUT2D eigenvalue weighted by molar-refractivity contribution is -0.114.